The summed E-state index contributed by atoms with van der Waals surface area (Å²) in [6, 6.07) is 2.23. The summed E-state index contributed by atoms with van der Waals surface area (Å²) in [7, 11) is 0. The molecule has 0 atom stereocenters. The number of rotatable bonds is 2. The highest BCUT2D eigenvalue weighted by Gasteiger charge is 2.25. The highest BCUT2D eigenvalue weighted by Crippen LogP contribution is 2.42. The van der Waals surface area contributed by atoms with Crippen molar-refractivity contribution < 1.29 is 0 Å². The summed E-state index contributed by atoms with van der Waals surface area (Å²) in [5.41, 5.74) is 9.58. The third kappa shape index (κ3) is 2.25. The molecule has 0 saturated heterocycles. The molecule has 0 aliphatic carbocycles. The van der Waals surface area contributed by atoms with Crippen LogP contribution in [0.4, 0.5) is 10.8 Å². The van der Waals surface area contributed by atoms with E-state index in [0.717, 1.165) is 40.8 Å². The van der Waals surface area contributed by atoms with Crippen LogP contribution in [-0.4, -0.2) is 15.9 Å². The molecule has 0 fully saturated rings. The number of fused-ring (bicyclic) bond motifs is 1. The van der Waals surface area contributed by atoms with E-state index in [1.54, 1.807) is 11.3 Å². The number of aromatic nitrogens is 2. The topological polar surface area (TPSA) is 55.0 Å². The Morgan fingerprint density at radius 2 is 2.24 bits per heavy atom. The van der Waals surface area contributed by atoms with E-state index in [4.69, 9.17) is 5.73 Å². The van der Waals surface area contributed by atoms with Crippen LogP contribution in [0.15, 0.2) is 16.8 Å². The van der Waals surface area contributed by atoms with E-state index in [1.807, 2.05) is 18.3 Å². The van der Waals surface area contributed by atoms with Gasteiger partial charge in [-0.25, -0.2) is 4.98 Å². The van der Waals surface area contributed by atoms with Gasteiger partial charge in [0.15, 0.2) is 0 Å². The highest BCUT2D eigenvalue weighted by atomic mass is 32.1. The van der Waals surface area contributed by atoms with Gasteiger partial charge in [0.25, 0.3) is 0 Å². The molecule has 1 aliphatic heterocycles. The summed E-state index contributed by atoms with van der Waals surface area (Å²) in [5, 5.41) is 6.37. The molecule has 108 valence electrons. The minimum Gasteiger partial charge on any atom is -0.382 e. The number of anilines is 2. The van der Waals surface area contributed by atoms with Crippen LogP contribution in [0.5, 0.6) is 0 Å². The largest absolute Gasteiger partial charge is 0.382 e. The van der Waals surface area contributed by atoms with Gasteiger partial charge >= 0.3 is 0 Å². The second-order valence-corrected chi connectivity index (χ2v) is 7.69. The van der Waals surface area contributed by atoms with E-state index in [9.17, 15) is 0 Å². The normalized spacial score (nSPS) is 14.4. The molecule has 7 heteroatoms. The molecule has 4 rings (SSSR count). The quantitative estimate of drug-likeness (QED) is 0.775. The second kappa shape index (κ2) is 5.08. The molecule has 3 aromatic heterocycles. The molecule has 0 aromatic carbocycles. The summed E-state index contributed by atoms with van der Waals surface area (Å²) in [6.07, 6.45) is 1.10. The van der Waals surface area contributed by atoms with Gasteiger partial charge in [0.05, 0.1) is 5.56 Å². The van der Waals surface area contributed by atoms with Crippen LogP contribution in [0, 0.1) is 6.92 Å². The van der Waals surface area contributed by atoms with Gasteiger partial charge in [-0.2, -0.15) is 4.37 Å². The molecular weight excluding hydrogens is 320 g/mol. The van der Waals surface area contributed by atoms with Crippen LogP contribution in [0.3, 0.4) is 0 Å². The Bertz CT molecular complexity index is 786. The maximum atomic E-state index is 6.11. The van der Waals surface area contributed by atoms with Crippen molar-refractivity contribution in [2.24, 2.45) is 0 Å². The van der Waals surface area contributed by atoms with Gasteiger partial charge in [-0.15, -0.1) is 22.7 Å². The number of hydrogen-bond acceptors (Lipinski definition) is 7. The van der Waals surface area contributed by atoms with Crippen LogP contribution in [0.2, 0.25) is 0 Å². The molecule has 4 heterocycles. The van der Waals surface area contributed by atoms with Crippen LogP contribution < -0.4 is 10.6 Å². The number of hydrogen-bond donors (Lipinski definition) is 1. The van der Waals surface area contributed by atoms with Gasteiger partial charge in [-0.3, -0.25) is 0 Å². The first-order chi connectivity index (χ1) is 10.2. The summed E-state index contributed by atoms with van der Waals surface area (Å²) < 4.78 is 4.37. The van der Waals surface area contributed by atoms with Crippen molar-refractivity contribution in [1.82, 2.24) is 9.36 Å². The predicted molar refractivity (Wildman–Crippen MR) is 91.4 cm³/mol. The van der Waals surface area contributed by atoms with Crippen molar-refractivity contribution in [2.75, 3.05) is 17.2 Å². The van der Waals surface area contributed by atoms with Crippen LogP contribution in [0.25, 0.3) is 10.6 Å². The second-order valence-electron chi connectivity index (χ2n) is 5.08. The van der Waals surface area contributed by atoms with E-state index < -0.39 is 0 Å². The summed E-state index contributed by atoms with van der Waals surface area (Å²) >= 11 is 4.98. The van der Waals surface area contributed by atoms with Crippen molar-refractivity contribution in [3.05, 3.63) is 33.0 Å². The maximum absolute atomic E-state index is 6.11. The van der Waals surface area contributed by atoms with Gasteiger partial charge in [-0.05, 0) is 41.9 Å². The van der Waals surface area contributed by atoms with Crippen molar-refractivity contribution in [1.29, 1.82) is 0 Å². The molecule has 0 radical (unpaired) electrons. The van der Waals surface area contributed by atoms with Crippen LogP contribution in [-0.2, 0) is 13.0 Å². The van der Waals surface area contributed by atoms with Crippen molar-refractivity contribution in [3.8, 4) is 10.6 Å². The molecule has 3 aromatic rings. The lowest BCUT2D eigenvalue weighted by Crippen LogP contribution is -2.29. The lowest BCUT2D eigenvalue weighted by molar-refractivity contribution is 0.751. The average molecular weight is 334 g/mol. The number of aryl methyl sites for hydroxylation is 1. The molecule has 21 heavy (non-hydrogen) atoms. The van der Waals surface area contributed by atoms with Crippen LogP contribution in [0.1, 0.15) is 16.1 Å². The first kappa shape index (κ1) is 13.2. The Balaban J connectivity index is 1.74. The number of nitrogen functional groups attached to an aromatic ring is 1. The Morgan fingerprint density at radius 1 is 1.33 bits per heavy atom. The fourth-order valence-corrected chi connectivity index (χ4v) is 5.25. The average Bonchev–Trinajstić information content (AvgIpc) is 3.17. The smallest absolute Gasteiger partial charge is 0.149 e. The van der Waals surface area contributed by atoms with Gasteiger partial charge in [-0.1, -0.05) is 0 Å². The highest BCUT2D eigenvalue weighted by molar-refractivity contribution is 7.15. The van der Waals surface area contributed by atoms with E-state index in [0.29, 0.717) is 5.82 Å². The summed E-state index contributed by atoms with van der Waals surface area (Å²) in [4.78, 5) is 8.48. The van der Waals surface area contributed by atoms with Crippen molar-refractivity contribution in [3.63, 3.8) is 0 Å². The predicted octanol–water partition coefficient (Wildman–Crippen LogP) is 3.78. The molecule has 2 N–H and O–H groups in total. The fourth-order valence-electron chi connectivity index (χ4n) is 2.60. The molecule has 4 nitrogen and oxygen atoms in total. The Labute approximate surface area is 135 Å². The summed E-state index contributed by atoms with van der Waals surface area (Å²) in [5.74, 6) is 0.598. The molecule has 1 aliphatic rings. The third-order valence-corrected chi connectivity index (χ3v) is 6.55. The van der Waals surface area contributed by atoms with Crippen molar-refractivity contribution >= 4 is 45.0 Å². The third-order valence-electron chi connectivity index (χ3n) is 3.63. The zero-order valence-corrected chi connectivity index (χ0v) is 13.9. The minimum atomic E-state index is 0.598. The Hall–Kier alpha value is -1.44. The molecule has 0 unspecified atom stereocenters. The molecule has 0 bridgehead atoms. The standard InChI is InChI=1S/C14H14N4S3/c1-8-7-20-13(16-8)11-12(15)17-21-14(11)18-4-2-10-9(6-18)3-5-19-10/h3,5,7H,2,4,6H2,1H3,(H2,15,17). The number of nitrogens with zero attached hydrogens (tertiary/aromatic N) is 3. The van der Waals surface area contributed by atoms with Gasteiger partial charge in [0, 0.05) is 29.0 Å². The van der Waals surface area contributed by atoms with Gasteiger partial charge in [0.2, 0.25) is 0 Å². The first-order valence-electron chi connectivity index (χ1n) is 6.70. The van der Waals surface area contributed by atoms with E-state index >= 15 is 0 Å². The summed E-state index contributed by atoms with van der Waals surface area (Å²) in [6.45, 7) is 3.97. The number of thiophene rings is 1. The SMILES string of the molecule is Cc1csc(-c2c(N)nsc2N2CCc3sccc3C2)n1. The lowest BCUT2D eigenvalue weighted by Gasteiger charge is -2.28. The monoisotopic (exact) mass is 334 g/mol. The zero-order chi connectivity index (χ0) is 14.4. The number of nitrogens with two attached hydrogens (primary N) is 1. The molecule has 0 spiro atoms. The maximum Gasteiger partial charge on any atom is 0.149 e. The van der Waals surface area contributed by atoms with E-state index in [1.165, 1.54) is 22.0 Å². The van der Waals surface area contributed by atoms with Crippen molar-refractivity contribution in [2.45, 2.75) is 19.9 Å². The lowest BCUT2D eigenvalue weighted by atomic mass is 10.1. The Morgan fingerprint density at radius 3 is 3.05 bits per heavy atom. The Kier molecular flexibility index (Phi) is 3.20. The van der Waals surface area contributed by atoms with E-state index in [2.05, 4.69) is 31.1 Å². The fraction of sp³-hybridized carbons (Fsp3) is 0.286. The zero-order valence-electron chi connectivity index (χ0n) is 11.5. The van der Waals surface area contributed by atoms with Crippen LogP contribution >= 0.6 is 34.2 Å². The molecule has 0 saturated carbocycles. The molecule has 0 amide bonds. The minimum absolute atomic E-state index is 0.598. The molecular formula is C14H14N4S3. The van der Waals surface area contributed by atoms with Gasteiger partial charge < -0.3 is 10.6 Å². The first-order valence-corrected chi connectivity index (χ1v) is 9.23. The number of thiazole rings is 1. The van der Waals surface area contributed by atoms with Gasteiger partial charge in [0.1, 0.15) is 15.8 Å². The van der Waals surface area contributed by atoms with E-state index in [-0.39, 0.29) is 0 Å².